The molecule has 0 radical (unpaired) electrons. The smallest absolute Gasteiger partial charge is 0.245 e. The van der Waals surface area contributed by atoms with E-state index in [1.807, 2.05) is 24.8 Å². The largest absolute Gasteiger partial charge is 0.340 e. The quantitative estimate of drug-likeness (QED) is 0.920. The fourth-order valence-corrected chi connectivity index (χ4v) is 3.85. The molecule has 3 heterocycles. The lowest BCUT2D eigenvalue weighted by atomic mass is 9.93. The first-order valence-corrected chi connectivity index (χ1v) is 8.65. The summed E-state index contributed by atoms with van der Waals surface area (Å²) in [4.78, 5) is 28.9. The number of carbonyl (C=O) groups excluding carboxylic acids is 2. The van der Waals surface area contributed by atoms with Crippen LogP contribution in [0, 0.1) is 5.92 Å². The third-order valence-electron chi connectivity index (χ3n) is 5.03. The molecule has 1 aromatic heterocycles. The minimum atomic E-state index is -0.314. The van der Waals surface area contributed by atoms with Crippen molar-refractivity contribution in [2.75, 3.05) is 19.6 Å². The zero-order valence-electron chi connectivity index (χ0n) is 14.0. The van der Waals surface area contributed by atoms with Crippen LogP contribution < -0.4 is 0 Å². The monoisotopic (exact) mass is 318 g/mol. The van der Waals surface area contributed by atoms with Crippen LogP contribution in [0.3, 0.4) is 0 Å². The molecule has 126 valence electrons. The van der Waals surface area contributed by atoms with Crippen LogP contribution in [0.15, 0.2) is 12.3 Å². The normalized spacial score (nSPS) is 23.6. The Hall–Kier alpha value is -1.85. The van der Waals surface area contributed by atoms with Crippen LogP contribution >= 0.6 is 0 Å². The van der Waals surface area contributed by atoms with Gasteiger partial charge in [0.2, 0.25) is 11.8 Å². The third-order valence-corrected chi connectivity index (χ3v) is 5.03. The van der Waals surface area contributed by atoms with Crippen LogP contribution in [-0.2, 0) is 9.59 Å². The Kier molecular flexibility index (Phi) is 4.68. The fourth-order valence-electron chi connectivity index (χ4n) is 3.85. The number of hydrogen-bond donors (Lipinski definition) is 1. The summed E-state index contributed by atoms with van der Waals surface area (Å²) in [5, 5.41) is 7.05. The summed E-state index contributed by atoms with van der Waals surface area (Å²) in [7, 11) is 0. The van der Waals surface area contributed by atoms with Crippen molar-refractivity contribution >= 4 is 11.8 Å². The number of aromatic amines is 1. The van der Waals surface area contributed by atoms with E-state index in [2.05, 4.69) is 10.2 Å². The van der Waals surface area contributed by atoms with Gasteiger partial charge in [0.1, 0.15) is 6.04 Å². The van der Waals surface area contributed by atoms with E-state index in [1.165, 1.54) is 0 Å². The zero-order valence-corrected chi connectivity index (χ0v) is 14.0. The lowest BCUT2D eigenvalue weighted by Gasteiger charge is -2.38. The number of H-pyrrole nitrogens is 1. The Morgan fingerprint density at radius 1 is 1.35 bits per heavy atom. The molecule has 2 aliphatic heterocycles. The number of carbonyl (C=O) groups is 2. The SMILES string of the molecule is CC(C)[C@@H](C(=O)N1CCC[C@H](c2ccn[nH]2)C1)N1CCCC1=O. The molecule has 0 spiro atoms. The Bertz CT molecular complexity index is 555. The van der Waals surface area contributed by atoms with Gasteiger partial charge in [-0.05, 0) is 31.2 Å². The van der Waals surface area contributed by atoms with Gasteiger partial charge in [-0.1, -0.05) is 13.8 Å². The van der Waals surface area contributed by atoms with Crippen molar-refractivity contribution in [2.24, 2.45) is 5.92 Å². The number of amides is 2. The zero-order chi connectivity index (χ0) is 16.4. The van der Waals surface area contributed by atoms with E-state index in [0.29, 0.717) is 25.4 Å². The molecule has 2 fully saturated rings. The van der Waals surface area contributed by atoms with Gasteiger partial charge in [0, 0.05) is 43.9 Å². The van der Waals surface area contributed by atoms with Crippen LogP contribution in [0.5, 0.6) is 0 Å². The number of hydrogen-bond acceptors (Lipinski definition) is 3. The molecule has 0 unspecified atom stereocenters. The van der Waals surface area contributed by atoms with Gasteiger partial charge < -0.3 is 9.80 Å². The molecule has 6 heteroatoms. The summed E-state index contributed by atoms with van der Waals surface area (Å²) in [5.74, 6) is 0.688. The van der Waals surface area contributed by atoms with E-state index in [0.717, 1.165) is 31.5 Å². The second-order valence-electron chi connectivity index (χ2n) is 7.01. The molecular formula is C17H26N4O2. The molecule has 2 amide bonds. The molecule has 2 saturated heterocycles. The Labute approximate surface area is 137 Å². The van der Waals surface area contributed by atoms with E-state index in [-0.39, 0.29) is 23.8 Å². The minimum absolute atomic E-state index is 0.111. The average Bonchev–Trinajstić information content (AvgIpc) is 3.20. The number of rotatable bonds is 4. The molecule has 0 aromatic carbocycles. The van der Waals surface area contributed by atoms with Gasteiger partial charge in [0.15, 0.2) is 0 Å². The van der Waals surface area contributed by atoms with Gasteiger partial charge in [-0.25, -0.2) is 0 Å². The van der Waals surface area contributed by atoms with Gasteiger partial charge in [0.25, 0.3) is 0 Å². The van der Waals surface area contributed by atoms with Crippen molar-refractivity contribution in [2.45, 2.75) is 51.5 Å². The maximum atomic E-state index is 13.1. The number of nitrogens with one attached hydrogen (secondary N) is 1. The standard InChI is InChI=1S/C17H26N4O2/c1-12(2)16(21-10-4-6-15(21)22)17(23)20-9-3-5-13(11-20)14-7-8-18-19-14/h7-8,12-13,16H,3-6,9-11H2,1-2H3,(H,18,19)/t13-,16-/m0/s1. The number of aromatic nitrogens is 2. The van der Waals surface area contributed by atoms with Crippen molar-refractivity contribution in [3.63, 3.8) is 0 Å². The highest BCUT2D eigenvalue weighted by atomic mass is 16.2. The highest BCUT2D eigenvalue weighted by molar-refractivity contribution is 5.89. The molecule has 1 aromatic rings. The Morgan fingerprint density at radius 2 is 2.17 bits per heavy atom. The number of likely N-dealkylation sites (tertiary alicyclic amines) is 2. The second-order valence-corrected chi connectivity index (χ2v) is 7.01. The Balaban J connectivity index is 1.73. The first-order valence-electron chi connectivity index (χ1n) is 8.65. The summed E-state index contributed by atoms with van der Waals surface area (Å²) >= 11 is 0. The molecule has 3 rings (SSSR count). The molecular weight excluding hydrogens is 292 g/mol. The molecule has 2 aliphatic rings. The second kappa shape index (κ2) is 6.72. The van der Waals surface area contributed by atoms with Gasteiger partial charge in [-0.3, -0.25) is 14.7 Å². The molecule has 1 N–H and O–H groups in total. The van der Waals surface area contributed by atoms with Gasteiger partial charge >= 0.3 is 0 Å². The fraction of sp³-hybridized carbons (Fsp3) is 0.706. The van der Waals surface area contributed by atoms with Crippen molar-refractivity contribution in [1.29, 1.82) is 0 Å². The first-order chi connectivity index (χ1) is 11.1. The Morgan fingerprint density at radius 3 is 2.78 bits per heavy atom. The molecule has 23 heavy (non-hydrogen) atoms. The highest BCUT2D eigenvalue weighted by Gasteiger charge is 2.38. The van der Waals surface area contributed by atoms with Gasteiger partial charge in [0.05, 0.1) is 0 Å². The lowest BCUT2D eigenvalue weighted by molar-refractivity contribution is -0.146. The maximum absolute atomic E-state index is 13.1. The van der Waals surface area contributed by atoms with Crippen LogP contribution in [0.25, 0.3) is 0 Å². The van der Waals surface area contributed by atoms with E-state index >= 15 is 0 Å². The van der Waals surface area contributed by atoms with Crippen LogP contribution in [0.1, 0.15) is 51.1 Å². The summed E-state index contributed by atoms with van der Waals surface area (Å²) in [5.41, 5.74) is 1.10. The highest BCUT2D eigenvalue weighted by Crippen LogP contribution is 2.28. The van der Waals surface area contributed by atoms with Crippen LogP contribution in [-0.4, -0.2) is 57.5 Å². The van der Waals surface area contributed by atoms with E-state index in [9.17, 15) is 9.59 Å². The van der Waals surface area contributed by atoms with E-state index in [1.54, 1.807) is 11.1 Å². The van der Waals surface area contributed by atoms with Gasteiger partial charge in [-0.2, -0.15) is 5.10 Å². The maximum Gasteiger partial charge on any atom is 0.245 e. The molecule has 0 saturated carbocycles. The van der Waals surface area contributed by atoms with Gasteiger partial charge in [-0.15, -0.1) is 0 Å². The summed E-state index contributed by atoms with van der Waals surface area (Å²) in [6.45, 7) is 6.28. The van der Waals surface area contributed by atoms with E-state index < -0.39 is 0 Å². The van der Waals surface area contributed by atoms with Crippen LogP contribution in [0.4, 0.5) is 0 Å². The number of piperidine rings is 1. The molecule has 0 bridgehead atoms. The minimum Gasteiger partial charge on any atom is -0.340 e. The van der Waals surface area contributed by atoms with Crippen molar-refractivity contribution < 1.29 is 9.59 Å². The third kappa shape index (κ3) is 3.26. The summed E-state index contributed by atoms with van der Waals surface area (Å²) in [6, 6.07) is 1.67. The summed E-state index contributed by atoms with van der Waals surface area (Å²) in [6.07, 6.45) is 5.27. The first kappa shape index (κ1) is 16.0. The number of nitrogens with zero attached hydrogens (tertiary/aromatic N) is 3. The predicted molar refractivity (Wildman–Crippen MR) is 86.7 cm³/mol. The topological polar surface area (TPSA) is 69.3 Å². The van der Waals surface area contributed by atoms with Crippen molar-refractivity contribution in [3.05, 3.63) is 18.0 Å². The molecule has 6 nitrogen and oxygen atoms in total. The lowest BCUT2D eigenvalue weighted by Crippen LogP contribution is -2.53. The predicted octanol–water partition coefficient (Wildman–Crippen LogP) is 1.76. The molecule has 2 atom stereocenters. The van der Waals surface area contributed by atoms with Crippen molar-refractivity contribution in [3.8, 4) is 0 Å². The summed E-state index contributed by atoms with van der Waals surface area (Å²) < 4.78 is 0. The average molecular weight is 318 g/mol. The van der Waals surface area contributed by atoms with Crippen LogP contribution in [0.2, 0.25) is 0 Å². The van der Waals surface area contributed by atoms with Crippen molar-refractivity contribution in [1.82, 2.24) is 20.0 Å². The molecule has 0 aliphatic carbocycles. The van der Waals surface area contributed by atoms with E-state index in [4.69, 9.17) is 0 Å².